The van der Waals surface area contributed by atoms with Crippen LogP contribution in [-0.4, -0.2) is 24.8 Å². The first-order chi connectivity index (χ1) is 7.21. The molecule has 7 nitrogen and oxygen atoms in total. The summed E-state index contributed by atoms with van der Waals surface area (Å²) in [7, 11) is -4.61. The molecule has 0 unspecified atom stereocenters. The summed E-state index contributed by atoms with van der Waals surface area (Å²) >= 11 is 0. The zero-order valence-electron chi connectivity index (χ0n) is 8.71. The Balaban J connectivity index is 0.00000256. The molecule has 0 saturated carbocycles. The number of aromatic carboxylic acids is 1. The van der Waals surface area contributed by atoms with E-state index < -0.39 is 32.5 Å². The van der Waals surface area contributed by atoms with Crippen molar-refractivity contribution in [2.45, 2.75) is 4.90 Å². The molecule has 0 heterocycles. The Labute approximate surface area is 119 Å². The standard InChI is InChI=1S/C8H7NO6S.Na/c9-7(10)4-1-5(8(11)12)3-6(2-4)16(13,14)15;/h1-3H,(H2,9,10)(H,11,12)(H,13,14,15);/q;+1/p-1. The van der Waals surface area contributed by atoms with Gasteiger partial charge >= 0.3 is 29.6 Å². The number of benzene rings is 1. The van der Waals surface area contributed by atoms with Crippen molar-refractivity contribution in [1.82, 2.24) is 0 Å². The molecule has 0 spiro atoms. The fourth-order valence-corrected chi connectivity index (χ4v) is 1.56. The van der Waals surface area contributed by atoms with Gasteiger partial charge in [0.05, 0.1) is 10.9 Å². The summed E-state index contributed by atoms with van der Waals surface area (Å²) in [4.78, 5) is 20.6. The van der Waals surface area contributed by atoms with Crippen molar-refractivity contribution in [2.75, 3.05) is 0 Å². The molecular weight excluding hydrogens is 261 g/mol. The molecule has 3 N–H and O–H groups in total. The number of carbonyl (C=O) groups is 2. The summed E-state index contributed by atoms with van der Waals surface area (Å²) in [6.45, 7) is 0. The van der Waals surface area contributed by atoms with Gasteiger partial charge in [0.25, 0.3) is 10.1 Å². The van der Waals surface area contributed by atoms with Crippen LogP contribution in [0.15, 0.2) is 23.1 Å². The summed E-state index contributed by atoms with van der Waals surface area (Å²) in [6.07, 6.45) is 0. The molecule has 0 aromatic heterocycles. The smallest absolute Gasteiger partial charge is 0.545 e. The molecule has 0 aliphatic carbocycles. The second-order valence-corrected chi connectivity index (χ2v) is 4.29. The molecule has 0 aliphatic rings. The number of carboxylic acid groups (broad SMARTS) is 1. The van der Waals surface area contributed by atoms with E-state index in [0.717, 1.165) is 12.1 Å². The summed E-state index contributed by atoms with van der Waals surface area (Å²) in [6, 6.07) is 2.29. The maximum absolute atomic E-state index is 10.8. The summed E-state index contributed by atoms with van der Waals surface area (Å²) in [5, 5.41) is 10.5. The van der Waals surface area contributed by atoms with E-state index in [0.29, 0.717) is 6.07 Å². The van der Waals surface area contributed by atoms with Crippen LogP contribution < -0.4 is 40.4 Å². The molecule has 1 aromatic carbocycles. The predicted molar refractivity (Wildman–Crippen MR) is 49.1 cm³/mol. The van der Waals surface area contributed by atoms with E-state index in [2.05, 4.69) is 0 Å². The van der Waals surface area contributed by atoms with Gasteiger partial charge in [-0.2, -0.15) is 8.42 Å². The van der Waals surface area contributed by atoms with E-state index >= 15 is 0 Å². The van der Waals surface area contributed by atoms with Crippen LogP contribution in [0.25, 0.3) is 0 Å². The monoisotopic (exact) mass is 267 g/mol. The molecule has 0 bridgehead atoms. The van der Waals surface area contributed by atoms with Crippen molar-refractivity contribution in [2.24, 2.45) is 5.73 Å². The minimum atomic E-state index is -4.61. The number of rotatable bonds is 3. The van der Waals surface area contributed by atoms with E-state index in [9.17, 15) is 23.1 Å². The van der Waals surface area contributed by atoms with Gasteiger partial charge in [-0.15, -0.1) is 0 Å². The number of nitrogens with two attached hydrogens (primary N) is 1. The van der Waals surface area contributed by atoms with Gasteiger partial charge in [-0.1, -0.05) is 0 Å². The van der Waals surface area contributed by atoms with Crippen LogP contribution in [0.3, 0.4) is 0 Å². The number of carbonyl (C=O) groups excluding carboxylic acids is 2. The van der Waals surface area contributed by atoms with Crippen LogP contribution in [0.2, 0.25) is 0 Å². The maximum atomic E-state index is 10.8. The molecule has 0 aliphatic heterocycles. The van der Waals surface area contributed by atoms with Gasteiger partial charge < -0.3 is 15.6 Å². The molecule has 0 radical (unpaired) electrons. The Morgan fingerprint density at radius 2 is 1.65 bits per heavy atom. The topological polar surface area (TPSA) is 138 Å². The summed E-state index contributed by atoms with van der Waals surface area (Å²) in [5.74, 6) is -2.71. The van der Waals surface area contributed by atoms with Crippen LogP contribution in [0.4, 0.5) is 0 Å². The van der Waals surface area contributed by atoms with Crippen molar-refractivity contribution in [3.8, 4) is 0 Å². The molecule has 86 valence electrons. The molecule has 1 rings (SSSR count). The molecule has 0 fully saturated rings. The minimum Gasteiger partial charge on any atom is -0.545 e. The maximum Gasteiger partial charge on any atom is 1.00 e. The number of carboxylic acids is 1. The largest absolute Gasteiger partial charge is 1.00 e. The average Bonchev–Trinajstić information content (AvgIpc) is 2.15. The predicted octanol–water partition coefficient (Wildman–Crippen LogP) is -4.60. The molecule has 1 aromatic rings. The second-order valence-electron chi connectivity index (χ2n) is 2.87. The Hall–Kier alpha value is -0.930. The molecule has 0 atom stereocenters. The normalized spacial score (nSPS) is 10.4. The summed E-state index contributed by atoms with van der Waals surface area (Å²) in [5.41, 5.74) is 3.95. The van der Waals surface area contributed by atoms with Crippen molar-refractivity contribution >= 4 is 22.0 Å². The Kier molecular flexibility index (Phi) is 5.30. The van der Waals surface area contributed by atoms with Crippen molar-refractivity contribution in [3.63, 3.8) is 0 Å². The van der Waals surface area contributed by atoms with Gasteiger partial charge in [-0.05, 0) is 23.8 Å². The quantitative estimate of drug-likeness (QED) is 0.417. The third-order valence-corrected chi connectivity index (χ3v) is 2.56. The van der Waals surface area contributed by atoms with Crippen LogP contribution in [0, 0.1) is 0 Å². The van der Waals surface area contributed by atoms with Crippen molar-refractivity contribution in [1.29, 1.82) is 0 Å². The molecular formula is C8H6NNaO6S. The Morgan fingerprint density at radius 1 is 1.18 bits per heavy atom. The Morgan fingerprint density at radius 3 is 2.00 bits per heavy atom. The van der Waals surface area contributed by atoms with Crippen LogP contribution in [-0.2, 0) is 10.1 Å². The molecule has 0 saturated heterocycles. The summed E-state index contributed by atoms with van der Waals surface area (Å²) < 4.78 is 30.3. The van der Waals surface area contributed by atoms with Gasteiger partial charge in [0.2, 0.25) is 5.91 Å². The van der Waals surface area contributed by atoms with Crippen LogP contribution in [0.5, 0.6) is 0 Å². The number of primary amides is 1. The SMILES string of the molecule is NC(=O)c1cc(C(=O)[O-])cc(S(=O)(=O)O)c1.[Na+]. The zero-order valence-corrected chi connectivity index (χ0v) is 11.5. The van der Waals surface area contributed by atoms with Crippen LogP contribution >= 0.6 is 0 Å². The van der Waals surface area contributed by atoms with Gasteiger partial charge in [0.1, 0.15) is 0 Å². The van der Waals surface area contributed by atoms with E-state index in [1.807, 2.05) is 0 Å². The molecule has 17 heavy (non-hydrogen) atoms. The molecule has 1 amide bonds. The minimum absolute atomic E-state index is 0. The van der Waals surface area contributed by atoms with Crippen molar-refractivity contribution in [3.05, 3.63) is 29.3 Å². The number of hydrogen-bond acceptors (Lipinski definition) is 5. The molecule has 9 heteroatoms. The number of hydrogen-bond donors (Lipinski definition) is 2. The van der Waals surface area contributed by atoms with Gasteiger partial charge in [-0.25, -0.2) is 0 Å². The van der Waals surface area contributed by atoms with E-state index in [4.69, 9.17) is 10.3 Å². The number of amides is 1. The fourth-order valence-electron chi connectivity index (χ4n) is 1.01. The van der Waals surface area contributed by atoms with Crippen molar-refractivity contribution < 1.29 is 57.2 Å². The first kappa shape index (κ1) is 16.1. The first-order valence-corrected chi connectivity index (χ1v) is 5.29. The van der Waals surface area contributed by atoms with E-state index in [-0.39, 0.29) is 35.1 Å². The van der Waals surface area contributed by atoms with Gasteiger partial charge in [0, 0.05) is 5.56 Å². The first-order valence-electron chi connectivity index (χ1n) is 3.85. The van der Waals surface area contributed by atoms with Crippen LogP contribution in [0.1, 0.15) is 20.7 Å². The van der Waals surface area contributed by atoms with E-state index in [1.165, 1.54) is 0 Å². The van der Waals surface area contributed by atoms with Gasteiger partial charge in [-0.3, -0.25) is 9.35 Å². The third kappa shape index (κ3) is 4.10. The van der Waals surface area contributed by atoms with Gasteiger partial charge in [0.15, 0.2) is 0 Å². The Bertz CT molecular complexity index is 535. The zero-order chi connectivity index (χ0) is 12.5. The second kappa shape index (κ2) is 5.61. The third-order valence-electron chi connectivity index (χ3n) is 1.72. The average molecular weight is 267 g/mol. The fraction of sp³-hybridized carbons (Fsp3) is 0. The van der Waals surface area contributed by atoms with E-state index in [1.54, 1.807) is 0 Å².